The van der Waals surface area contributed by atoms with Crippen LogP contribution in [0.3, 0.4) is 0 Å². The van der Waals surface area contributed by atoms with E-state index in [9.17, 15) is 8.78 Å². The number of aromatic nitrogens is 5. The molecule has 0 atom stereocenters. The Morgan fingerprint density at radius 2 is 1.73 bits per heavy atom. The van der Waals surface area contributed by atoms with Crippen LogP contribution in [0.2, 0.25) is 0 Å². The highest BCUT2D eigenvalue weighted by Gasteiger charge is 2.19. The lowest BCUT2D eigenvalue weighted by Crippen LogP contribution is -2.04. The Morgan fingerprint density at radius 3 is 2.58 bits per heavy atom. The predicted molar refractivity (Wildman–Crippen MR) is 120 cm³/mol. The first-order valence-corrected chi connectivity index (χ1v) is 10.4. The molecule has 0 bridgehead atoms. The summed E-state index contributed by atoms with van der Waals surface area (Å²) in [4.78, 5) is 20.4. The molecule has 3 N–H and O–H groups in total. The van der Waals surface area contributed by atoms with E-state index in [4.69, 9.17) is 0 Å². The summed E-state index contributed by atoms with van der Waals surface area (Å²) in [6.45, 7) is 0. The average Bonchev–Trinajstić information content (AvgIpc) is 3.32. The zero-order valence-electron chi connectivity index (χ0n) is 16.7. The van der Waals surface area contributed by atoms with Gasteiger partial charge in [-0.1, -0.05) is 0 Å². The molecule has 7 nitrogen and oxygen atoms in total. The largest absolute Gasteiger partial charge is 0.335 e. The van der Waals surface area contributed by atoms with E-state index >= 15 is 4.39 Å². The van der Waals surface area contributed by atoms with Crippen LogP contribution >= 0.6 is 11.9 Å². The van der Waals surface area contributed by atoms with Crippen molar-refractivity contribution in [3.63, 3.8) is 0 Å². The predicted octanol–water partition coefficient (Wildman–Crippen LogP) is 5.70. The second kappa shape index (κ2) is 8.79. The van der Waals surface area contributed by atoms with Gasteiger partial charge in [0.15, 0.2) is 11.5 Å². The number of anilines is 3. The highest BCUT2D eigenvalue weighted by molar-refractivity contribution is 8.00. The smallest absolute Gasteiger partial charge is 0.173 e. The van der Waals surface area contributed by atoms with Crippen molar-refractivity contribution < 1.29 is 13.2 Å². The van der Waals surface area contributed by atoms with Crippen molar-refractivity contribution in [3.8, 4) is 11.3 Å². The molecule has 0 aliphatic carbocycles. The van der Waals surface area contributed by atoms with Crippen molar-refractivity contribution in [2.45, 2.75) is 4.90 Å². The maximum atomic E-state index is 15.2. The average molecular weight is 465 g/mol. The van der Waals surface area contributed by atoms with E-state index < -0.39 is 11.6 Å². The van der Waals surface area contributed by atoms with Crippen LogP contribution in [0.1, 0.15) is 0 Å². The van der Waals surface area contributed by atoms with E-state index in [1.165, 1.54) is 37.1 Å². The molecule has 11 heteroatoms. The number of rotatable bonds is 6. The van der Waals surface area contributed by atoms with Crippen LogP contribution in [0.15, 0.2) is 72.3 Å². The number of halogens is 3. The fraction of sp³-hybridized carbons (Fsp3) is 0. The molecule has 5 aromatic rings. The first kappa shape index (κ1) is 20.8. The number of fused-ring (bicyclic) bond motifs is 1. The standard InChI is InChI=1S/C22H14F3N7S/c23-12-3-5-13(6-4-12)33-32-16-8-7-15(24)19(17(16)25)31-21-14(2-1-9-26-21)18-20-22(29-10-27-18)30-11-28-20/h1-11,32H,(H,26,31)(H,27,28,29,30). The topological polar surface area (TPSA) is 91.4 Å². The summed E-state index contributed by atoms with van der Waals surface area (Å²) in [7, 11) is 0. The van der Waals surface area contributed by atoms with Gasteiger partial charge in [0, 0.05) is 16.7 Å². The molecule has 0 saturated heterocycles. The molecule has 0 unspecified atom stereocenters. The normalized spacial score (nSPS) is 11.0. The van der Waals surface area contributed by atoms with Gasteiger partial charge in [0.1, 0.15) is 40.7 Å². The van der Waals surface area contributed by atoms with Crippen LogP contribution in [0.5, 0.6) is 0 Å². The van der Waals surface area contributed by atoms with E-state index in [0.717, 1.165) is 18.0 Å². The number of H-pyrrole nitrogens is 1. The third-order valence-electron chi connectivity index (χ3n) is 4.71. The highest BCUT2D eigenvalue weighted by Crippen LogP contribution is 2.34. The summed E-state index contributed by atoms with van der Waals surface area (Å²) >= 11 is 1.07. The zero-order valence-corrected chi connectivity index (χ0v) is 17.5. The van der Waals surface area contributed by atoms with Gasteiger partial charge in [-0.3, -0.25) is 0 Å². The Balaban J connectivity index is 1.47. The van der Waals surface area contributed by atoms with E-state index in [0.29, 0.717) is 27.3 Å². The van der Waals surface area contributed by atoms with Crippen LogP contribution < -0.4 is 10.0 Å². The number of nitrogens with one attached hydrogen (secondary N) is 3. The molecule has 0 aliphatic heterocycles. The maximum absolute atomic E-state index is 15.2. The van der Waals surface area contributed by atoms with Gasteiger partial charge in [-0.05, 0) is 60.5 Å². The fourth-order valence-electron chi connectivity index (χ4n) is 3.14. The number of imidazole rings is 1. The van der Waals surface area contributed by atoms with E-state index in [-0.39, 0.29) is 23.0 Å². The van der Waals surface area contributed by atoms with Crippen molar-refractivity contribution in [1.82, 2.24) is 24.9 Å². The van der Waals surface area contributed by atoms with Gasteiger partial charge in [0.2, 0.25) is 0 Å². The van der Waals surface area contributed by atoms with Crippen molar-refractivity contribution in [2.75, 3.05) is 10.0 Å². The minimum absolute atomic E-state index is 0.0439. The lowest BCUT2D eigenvalue weighted by atomic mass is 10.1. The third-order valence-corrected chi connectivity index (χ3v) is 5.54. The lowest BCUT2D eigenvalue weighted by Gasteiger charge is -2.14. The van der Waals surface area contributed by atoms with Gasteiger partial charge in [0.05, 0.1) is 12.0 Å². The Kier molecular flexibility index (Phi) is 5.53. The van der Waals surface area contributed by atoms with Gasteiger partial charge < -0.3 is 15.0 Å². The summed E-state index contributed by atoms with van der Waals surface area (Å²) < 4.78 is 45.7. The molecule has 5 rings (SSSR count). The Bertz CT molecular complexity index is 1440. The minimum Gasteiger partial charge on any atom is -0.335 e. The summed E-state index contributed by atoms with van der Waals surface area (Å²) in [6.07, 6.45) is 4.35. The van der Waals surface area contributed by atoms with Gasteiger partial charge in [-0.25, -0.2) is 33.1 Å². The SMILES string of the molecule is Fc1ccc(SNc2ccc(F)c(Nc3ncccc3-c3ncnc4[nH]cnc34)c2F)cc1. The third kappa shape index (κ3) is 4.17. The van der Waals surface area contributed by atoms with Crippen molar-refractivity contribution in [2.24, 2.45) is 0 Å². The zero-order chi connectivity index (χ0) is 22.8. The maximum Gasteiger partial charge on any atom is 0.173 e. The first-order chi connectivity index (χ1) is 16.1. The van der Waals surface area contributed by atoms with Crippen molar-refractivity contribution >= 4 is 40.3 Å². The molecule has 164 valence electrons. The van der Waals surface area contributed by atoms with Crippen LogP contribution in [-0.2, 0) is 0 Å². The molecule has 0 spiro atoms. The van der Waals surface area contributed by atoms with Crippen molar-refractivity contribution in [1.29, 1.82) is 0 Å². The molecule has 0 amide bonds. The monoisotopic (exact) mass is 465 g/mol. The van der Waals surface area contributed by atoms with Crippen molar-refractivity contribution in [3.05, 3.63) is 84.8 Å². The summed E-state index contributed by atoms with van der Waals surface area (Å²) in [6, 6.07) is 11.5. The van der Waals surface area contributed by atoms with E-state index in [2.05, 4.69) is 35.0 Å². The van der Waals surface area contributed by atoms with Crippen LogP contribution in [-0.4, -0.2) is 24.9 Å². The van der Waals surface area contributed by atoms with E-state index in [1.807, 2.05) is 0 Å². The summed E-state index contributed by atoms with van der Waals surface area (Å²) in [5.41, 5.74) is 1.64. The molecule has 33 heavy (non-hydrogen) atoms. The van der Waals surface area contributed by atoms with Gasteiger partial charge in [0.25, 0.3) is 0 Å². The molecule has 0 saturated carbocycles. The molecule has 0 radical (unpaired) electrons. The summed E-state index contributed by atoms with van der Waals surface area (Å²) in [5, 5.41) is 2.75. The Hall–Kier alpha value is -4.12. The van der Waals surface area contributed by atoms with E-state index in [1.54, 1.807) is 24.3 Å². The Labute approximate surface area is 189 Å². The van der Waals surface area contributed by atoms with Crippen LogP contribution in [0.25, 0.3) is 22.4 Å². The molecular weight excluding hydrogens is 451 g/mol. The van der Waals surface area contributed by atoms with Crippen LogP contribution in [0.4, 0.5) is 30.4 Å². The number of hydrogen-bond donors (Lipinski definition) is 3. The number of hydrogen-bond acceptors (Lipinski definition) is 7. The number of benzene rings is 2. The van der Waals surface area contributed by atoms with Crippen LogP contribution in [0, 0.1) is 17.5 Å². The molecule has 3 aromatic heterocycles. The molecule has 3 heterocycles. The quantitative estimate of drug-likeness (QED) is 0.277. The highest BCUT2D eigenvalue weighted by atomic mass is 32.2. The molecular formula is C22H14F3N7S. The van der Waals surface area contributed by atoms with Gasteiger partial charge in [-0.2, -0.15) is 0 Å². The molecule has 2 aromatic carbocycles. The lowest BCUT2D eigenvalue weighted by molar-refractivity contribution is 0.593. The Morgan fingerprint density at radius 1 is 0.879 bits per heavy atom. The first-order valence-electron chi connectivity index (χ1n) is 9.63. The molecule has 0 aliphatic rings. The van der Waals surface area contributed by atoms with Gasteiger partial charge in [-0.15, -0.1) is 0 Å². The number of aromatic amines is 1. The number of pyridine rings is 1. The summed E-state index contributed by atoms with van der Waals surface area (Å²) in [5.74, 6) is -1.81. The number of nitrogens with zero attached hydrogens (tertiary/aromatic N) is 4. The minimum atomic E-state index is -0.839. The van der Waals surface area contributed by atoms with Gasteiger partial charge >= 0.3 is 0 Å². The second-order valence-electron chi connectivity index (χ2n) is 6.79. The fourth-order valence-corrected chi connectivity index (χ4v) is 3.80. The second-order valence-corrected chi connectivity index (χ2v) is 7.67. The molecule has 0 fully saturated rings.